The van der Waals surface area contributed by atoms with Crippen LogP contribution in [0.15, 0.2) is 119 Å². The van der Waals surface area contributed by atoms with Gasteiger partial charge in [0.15, 0.2) is 0 Å². The molecule has 4 atom stereocenters. The van der Waals surface area contributed by atoms with Gasteiger partial charge in [-0.1, -0.05) is 68.1 Å². The van der Waals surface area contributed by atoms with Crippen molar-refractivity contribution in [3.05, 3.63) is 175 Å². The fourth-order valence-corrected chi connectivity index (χ4v) is 10.6. The maximum absolute atomic E-state index is 13.4. The molecular weight excluding hydrogens is 1070 g/mol. The van der Waals surface area contributed by atoms with Crippen LogP contribution < -0.4 is 16.7 Å². The third kappa shape index (κ3) is 14.0. The SMILES string of the molecule is C.C[C@@H](OCC1(c2ccccc2)CCC(CCO)(n2cn[nH]c2=O)CC1)c1cc(C(F)(F)F)cc(C(F)(F)F)c1.C[C@@H](OC[C@@]1(c2ccccc2)CC[C@](CCO)(n2cn[nH]c2=O)CN1)c1cc(C(F)(F)F)cc(C(F)(F)F)c1. The predicted molar refractivity (Wildman–Crippen MR) is 265 cm³/mol. The predicted octanol–water partition coefficient (Wildman–Crippen LogP) is 11.4. The molecule has 13 nitrogen and oxygen atoms in total. The molecule has 8 rings (SSSR count). The van der Waals surface area contributed by atoms with Gasteiger partial charge in [-0.15, -0.1) is 0 Å². The zero-order valence-corrected chi connectivity index (χ0v) is 42.1. The van der Waals surface area contributed by atoms with Gasteiger partial charge in [-0.2, -0.15) is 62.9 Å². The number of hydrogen-bond donors (Lipinski definition) is 5. The number of rotatable bonds is 16. The highest BCUT2D eigenvalue weighted by atomic mass is 19.4. The molecule has 1 aliphatic carbocycles. The van der Waals surface area contributed by atoms with Crippen molar-refractivity contribution in [3.63, 3.8) is 0 Å². The number of aliphatic hydroxyl groups excluding tert-OH is 2. The van der Waals surface area contributed by atoms with Gasteiger partial charge in [0.25, 0.3) is 0 Å². The van der Waals surface area contributed by atoms with Crippen LogP contribution in [0.4, 0.5) is 52.7 Å². The van der Waals surface area contributed by atoms with Gasteiger partial charge in [-0.05, 0) is 124 Å². The number of aliphatic hydroxyl groups is 2. The smallest absolute Gasteiger partial charge is 0.396 e. The lowest BCUT2D eigenvalue weighted by Crippen LogP contribution is -2.60. The summed E-state index contributed by atoms with van der Waals surface area (Å²) in [7, 11) is 0. The number of ether oxygens (including phenoxy) is 2. The Morgan fingerprint density at radius 2 is 0.924 bits per heavy atom. The minimum absolute atomic E-state index is 0. The number of nitrogens with one attached hydrogen (secondary N) is 3. The lowest BCUT2D eigenvalue weighted by atomic mass is 9.63. The summed E-state index contributed by atoms with van der Waals surface area (Å²) in [5.41, 5.74) is -8.17. The largest absolute Gasteiger partial charge is 0.416 e. The lowest BCUT2D eigenvalue weighted by molar-refractivity contribution is -0.145. The van der Waals surface area contributed by atoms with Gasteiger partial charge < -0.3 is 25.0 Å². The van der Waals surface area contributed by atoms with E-state index in [4.69, 9.17) is 9.47 Å². The fourth-order valence-electron chi connectivity index (χ4n) is 10.6. The van der Waals surface area contributed by atoms with Crippen molar-refractivity contribution in [2.45, 2.75) is 132 Å². The van der Waals surface area contributed by atoms with Crippen LogP contribution in [0.3, 0.4) is 0 Å². The van der Waals surface area contributed by atoms with Crippen LogP contribution in [-0.4, -0.2) is 72.7 Å². The Labute approximate surface area is 446 Å². The van der Waals surface area contributed by atoms with Gasteiger partial charge in [0, 0.05) is 25.2 Å². The molecule has 5 N–H and O–H groups in total. The number of aromatic nitrogens is 6. The van der Waals surface area contributed by atoms with Crippen molar-refractivity contribution in [2.75, 3.05) is 33.0 Å². The molecular formula is C54H61F12N7O6. The first-order chi connectivity index (χ1) is 36.6. The number of piperidine rings is 1. The van der Waals surface area contributed by atoms with Gasteiger partial charge in [-0.3, -0.25) is 9.13 Å². The summed E-state index contributed by atoms with van der Waals surface area (Å²) >= 11 is 0. The van der Waals surface area contributed by atoms with E-state index in [2.05, 4.69) is 25.7 Å². The summed E-state index contributed by atoms with van der Waals surface area (Å²) in [6.07, 6.45) is -15.9. The standard InChI is InChI=1S/C27H29F6N3O3.C26H28F6N4O3.CH4/c1-18(19-13-21(26(28,29)30)15-22(14-19)27(31,32)33)39-16-24(20-5-3-2-4-6-20)7-9-25(10-8-24,11-12-37)36-17-34-35-23(36)38;1-17(18-11-20(25(27,28)29)13-21(12-18)26(30,31)32)39-15-24(19-5-3-2-4-6-19)8-7-23(9-10-37,14-33-24)36-16-34-35-22(36)38;/h2-6,13-15,17-18,37H,7-12,16H2,1H3,(H,35,38);2-6,11-13,16-17,33,37H,7-10,14-15H2,1H3,(H,35,38);1H4/t18-,24?,25?;17-,23-,24-;/m11./s1. The van der Waals surface area contributed by atoms with Crippen LogP contribution in [0.5, 0.6) is 0 Å². The second-order valence-corrected chi connectivity index (χ2v) is 20.0. The van der Waals surface area contributed by atoms with Crippen LogP contribution in [-0.2, 0) is 56.2 Å². The highest BCUT2D eigenvalue weighted by Gasteiger charge is 2.48. The second-order valence-electron chi connectivity index (χ2n) is 20.0. The lowest BCUT2D eigenvalue weighted by Gasteiger charge is -2.48. The Hall–Kier alpha value is -6.28. The Morgan fingerprint density at radius 3 is 1.29 bits per heavy atom. The van der Waals surface area contributed by atoms with Gasteiger partial charge in [0.05, 0.1) is 64.3 Å². The van der Waals surface area contributed by atoms with Crippen molar-refractivity contribution in [3.8, 4) is 0 Å². The molecule has 79 heavy (non-hydrogen) atoms. The average molecular weight is 1130 g/mol. The highest BCUT2D eigenvalue weighted by Crippen LogP contribution is 2.49. The molecule has 0 amide bonds. The Bertz CT molecular complexity index is 2760. The third-order valence-corrected chi connectivity index (χ3v) is 15.3. The van der Waals surface area contributed by atoms with E-state index in [1.807, 2.05) is 48.5 Å². The van der Waals surface area contributed by atoms with Crippen molar-refractivity contribution >= 4 is 0 Å². The van der Waals surface area contributed by atoms with Gasteiger partial charge >= 0.3 is 36.1 Å². The maximum atomic E-state index is 13.4. The van der Waals surface area contributed by atoms with E-state index in [1.165, 1.54) is 35.6 Å². The number of alkyl halides is 12. The van der Waals surface area contributed by atoms with Crippen LogP contribution in [0, 0.1) is 0 Å². The minimum Gasteiger partial charge on any atom is -0.396 e. The summed E-state index contributed by atoms with van der Waals surface area (Å²) in [5.74, 6) is 0. The molecule has 3 heterocycles. The summed E-state index contributed by atoms with van der Waals surface area (Å²) in [4.78, 5) is 24.7. The number of aromatic amines is 2. The molecule has 4 aromatic carbocycles. The summed E-state index contributed by atoms with van der Waals surface area (Å²) in [6, 6.07) is 21.4. The first-order valence-electron chi connectivity index (χ1n) is 24.7. The second kappa shape index (κ2) is 24.2. The Morgan fingerprint density at radius 1 is 0.544 bits per heavy atom. The van der Waals surface area contributed by atoms with E-state index in [0.29, 0.717) is 69.2 Å². The summed E-state index contributed by atoms with van der Waals surface area (Å²) < 4.78 is 175. The molecule has 0 spiro atoms. The fraction of sp³-hybridized carbons (Fsp3) is 0.481. The summed E-state index contributed by atoms with van der Waals surface area (Å²) in [6.45, 7) is 2.66. The summed E-state index contributed by atoms with van der Waals surface area (Å²) in [5, 5.41) is 35.2. The van der Waals surface area contributed by atoms with Gasteiger partial charge in [0.1, 0.15) is 12.7 Å². The average Bonchev–Trinajstić information content (AvgIpc) is 4.09. The van der Waals surface area contributed by atoms with Crippen LogP contribution in [0.2, 0.25) is 0 Å². The van der Waals surface area contributed by atoms with E-state index in [0.717, 1.165) is 11.1 Å². The van der Waals surface area contributed by atoms with Crippen molar-refractivity contribution < 1.29 is 72.4 Å². The van der Waals surface area contributed by atoms with E-state index < -0.39 is 92.6 Å². The van der Waals surface area contributed by atoms with Crippen LogP contribution in [0.1, 0.15) is 129 Å². The molecule has 2 aromatic heterocycles. The highest BCUT2D eigenvalue weighted by molar-refractivity contribution is 5.36. The van der Waals surface area contributed by atoms with Gasteiger partial charge in [0.2, 0.25) is 0 Å². The molecule has 1 aliphatic heterocycles. The normalized spacial score (nSPS) is 22.8. The first kappa shape index (κ1) is 61.9. The quantitative estimate of drug-likeness (QED) is 0.0592. The van der Waals surface area contributed by atoms with E-state index in [-0.39, 0.29) is 70.1 Å². The van der Waals surface area contributed by atoms with Crippen molar-refractivity contribution in [1.82, 2.24) is 34.8 Å². The zero-order valence-electron chi connectivity index (χ0n) is 42.1. The minimum atomic E-state index is -4.97. The maximum Gasteiger partial charge on any atom is 0.416 e. The molecule has 6 aromatic rings. The Balaban J connectivity index is 0.000000252. The number of halogens is 12. The topological polar surface area (TPSA) is 172 Å². The molecule has 0 bridgehead atoms. The first-order valence-corrected chi connectivity index (χ1v) is 24.7. The van der Waals surface area contributed by atoms with E-state index >= 15 is 0 Å². The van der Waals surface area contributed by atoms with Crippen molar-refractivity contribution in [2.24, 2.45) is 0 Å². The molecule has 1 saturated carbocycles. The molecule has 432 valence electrons. The molecule has 2 fully saturated rings. The van der Waals surface area contributed by atoms with Gasteiger partial charge in [-0.25, -0.2) is 19.8 Å². The molecule has 2 aliphatic rings. The molecule has 1 saturated heterocycles. The van der Waals surface area contributed by atoms with E-state index in [1.54, 1.807) is 12.1 Å². The zero-order chi connectivity index (χ0) is 57.0. The van der Waals surface area contributed by atoms with E-state index in [9.17, 15) is 72.5 Å². The molecule has 25 heteroatoms. The number of hydrogen-bond acceptors (Lipinski definition) is 9. The Kier molecular flexibility index (Phi) is 19.0. The monoisotopic (exact) mass is 1130 g/mol. The van der Waals surface area contributed by atoms with Crippen LogP contribution >= 0.6 is 0 Å². The number of H-pyrrole nitrogens is 2. The molecule has 0 radical (unpaired) electrons. The number of benzene rings is 4. The van der Waals surface area contributed by atoms with Crippen molar-refractivity contribution in [1.29, 1.82) is 0 Å². The number of nitrogens with zero attached hydrogens (tertiary/aromatic N) is 4. The third-order valence-electron chi connectivity index (χ3n) is 15.3. The van der Waals surface area contributed by atoms with Crippen LogP contribution in [0.25, 0.3) is 0 Å². The molecule has 0 unspecified atom stereocenters.